The number of aliphatic hydroxyl groups excluding tert-OH is 1. The second kappa shape index (κ2) is 5.98. The number of hydrogen-bond donors (Lipinski definition) is 1. The number of nitrogens with zero attached hydrogens (tertiary/aromatic N) is 1. The minimum atomic E-state index is -0.772. The van der Waals surface area contributed by atoms with Crippen molar-refractivity contribution >= 4 is 15.9 Å². The topological polar surface area (TPSA) is 46.3 Å². The van der Waals surface area contributed by atoms with Gasteiger partial charge in [-0.1, -0.05) is 33.2 Å². The summed E-state index contributed by atoms with van der Waals surface area (Å²) in [7, 11) is 0. The van der Waals surface area contributed by atoms with Crippen LogP contribution in [0, 0.1) is 11.6 Å². The van der Waals surface area contributed by atoms with Crippen molar-refractivity contribution in [2.75, 3.05) is 0 Å². The number of hydrogen-bond acceptors (Lipinski definition) is 3. The van der Waals surface area contributed by atoms with Gasteiger partial charge in [0.1, 0.15) is 17.3 Å². The van der Waals surface area contributed by atoms with E-state index in [2.05, 4.69) is 21.1 Å². The molecule has 0 amide bonds. The summed E-state index contributed by atoms with van der Waals surface area (Å²) in [6.45, 7) is -0.377. The van der Waals surface area contributed by atoms with Gasteiger partial charge in [-0.3, -0.25) is 0 Å². The largest absolute Gasteiger partial charge is 0.391 e. The fraction of sp³-hybridized carbons (Fsp3) is 0.0625. The number of aromatic nitrogens is 1. The summed E-state index contributed by atoms with van der Waals surface area (Å²) >= 11 is 3.35. The molecule has 1 N–H and O–H groups in total. The van der Waals surface area contributed by atoms with E-state index in [1.54, 1.807) is 6.07 Å². The van der Waals surface area contributed by atoms with Crippen molar-refractivity contribution < 1.29 is 18.4 Å². The molecule has 112 valence electrons. The van der Waals surface area contributed by atoms with Crippen molar-refractivity contribution in [1.29, 1.82) is 0 Å². The van der Waals surface area contributed by atoms with Crippen LogP contribution in [0.5, 0.6) is 0 Å². The zero-order valence-electron chi connectivity index (χ0n) is 11.2. The van der Waals surface area contributed by atoms with Gasteiger partial charge in [-0.25, -0.2) is 8.78 Å². The van der Waals surface area contributed by atoms with E-state index in [0.717, 1.165) is 22.2 Å². The molecule has 0 bridgehead atoms. The fourth-order valence-corrected chi connectivity index (χ4v) is 2.60. The molecule has 1 aromatic heterocycles. The molecule has 0 fully saturated rings. The van der Waals surface area contributed by atoms with E-state index in [4.69, 9.17) is 4.52 Å². The standard InChI is InChI=1S/C16H10BrF2NO2/c17-10-3-1-2-9(6-10)15-13(8-21)16(22-20-15)12-5-4-11(18)7-14(12)19/h1-7,21H,8H2. The van der Waals surface area contributed by atoms with Crippen LogP contribution < -0.4 is 0 Å². The molecule has 0 saturated heterocycles. The average molecular weight is 366 g/mol. The first-order valence-corrected chi connectivity index (χ1v) is 7.20. The number of benzene rings is 2. The second-order valence-corrected chi connectivity index (χ2v) is 5.55. The minimum Gasteiger partial charge on any atom is -0.391 e. The molecule has 0 aliphatic heterocycles. The van der Waals surface area contributed by atoms with Crippen LogP contribution in [-0.4, -0.2) is 10.3 Å². The predicted molar refractivity (Wildman–Crippen MR) is 80.9 cm³/mol. The Morgan fingerprint density at radius 2 is 1.95 bits per heavy atom. The molecule has 22 heavy (non-hydrogen) atoms. The van der Waals surface area contributed by atoms with Crippen molar-refractivity contribution in [3.63, 3.8) is 0 Å². The lowest BCUT2D eigenvalue weighted by atomic mass is 10.0. The van der Waals surface area contributed by atoms with E-state index < -0.39 is 11.6 Å². The highest BCUT2D eigenvalue weighted by Crippen LogP contribution is 2.34. The van der Waals surface area contributed by atoms with Crippen LogP contribution >= 0.6 is 15.9 Å². The van der Waals surface area contributed by atoms with Crippen molar-refractivity contribution in [3.8, 4) is 22.6 Å². The zero-order valence-corrected chi connectivity index (χ0v) is 12.8. The Kier molecular flexibility index (Phi) is 4.04. The van der Waals surface area contributed by atoms with Gasteiger partial charge < -0.3 is 9.63 Å². The minimum absolute atomic E-state index is 0.0548. The molecule has 0 aliphatic carbocycles. The molecule has 0 unspecified atom stereocenters. The quantitative estimate of drug-likeness (QED) is 0.740. The van der Waals surface area contributed by atoms with Gasteiger partial charge in [0.2, 0.25) is 0 Å². The van der Waals surface area contributed by atoms with Crippen LogP contribution in [0.4, 0.5) is 8.78 Å². The van der Waals surface area contributed by atoms with E-state index >= 15 is 0 Å². The summed E-state index contributed by atoms with van der Waals surface area (Å²) in [4.78, 5) is 0. The summed E-state index contributed by atoms with van der Waals surface area (Å²) in [5.41, 5.74) is 1.54. The normalized spacial score (nSPS) is 10.9. The maximum Gasteiger partial charge on any atom is 0.175 e. The third-order valence-electron chi connectivity index (χ3n) is 3.22. The molecule has 0 spiro atoms. The maximum atomic E-state index is 13.9. The molecule has 2 aromatic carbocycles. The van der Waals surface area contributed by atoms with Gasteiger partial charge in [-0.15, -0.1) is 0 Å². The van der Waals surface area contributed by atoms with Crippen LogP contribution in [0.2, 0.25) is 0 Å². The Morgan fingerprint density at radius 1 is 1.14 bits per heavy atom. The Balaban J connectivity index is 2.15. The van der Waals surface area contributed by atoms with Crippen molar-refractivity contribution in [3.05, 3.63) is 64.1 Å². The zero-order chi connectivity index (χ0) is 15.7. The maximum absolute atomic E-state index is 13.9. The summed E-state index contributed by atoms with van der Waals surface area (Å²) < 4.78 is 33.0. The molecule has 3 aromatic rings. The molecule has 0 saturated carbocycles. The molecule has 3 rings (SSSR count). The highest BCUT2D eigenvalue weighted by Gasteiger charge is 2.21. The van der Waals surface area contributed by atoms with Gasteiger partial charge >= 0.3 is 0 Å². The molecular weight excluding hydrogens is 356 g/mol. The van der Waals surface area contributed by atoms with Gasteiger partial charge in [-0.05, 0) is 24.3 Å². The molecule has 1 heterocycles. The van der Waals surface area contributed by atoms with Gasteiger partial charge in [0.25, 0.3) is 0 Å². The lowest BCUT2D eigenvalue weighted by Gasteiger charge is -2.03. The van der Waals surface area contributed by atoms with Gasteiger partial charge in [-0.2, -0.15) is 0 Å². The monoisotopic (exact) mass is 365 g/mol. The Morgan fingerprint density at radius 3 is 2.64 bits per heavy atom. The van der Waals surface area contributed by atoms with Crippen molar-refractivity contribution in [2.24, 2.45) is 0 Å². The van der Waals surface area contributed by atoms with Gasteiger partial charge in [0, 0.05) is 16.1 Å². The van der Waals surface area contributed by atoms with E-state index in [1.165, 1.54) is 6.07 Å². The van der Waals surface area contributed by atoms with Crippen molar-refractivity contribution in [1.82, 2.24) is 5.16 Å². The third kappa shape index (κ3) is 2.67. The average Bonchev–Trinajstić information content (AvgIpc) is 2.91. The lowest BCUT2D eigenvalue weighted by molar-refractivity contribution is 0.281. The first-order chi connectivity index (χ1) is 10.6. The molecular formula is C16H10BrF2NO2. The van der Waals surface area contributed by atoms with Crippen LogP contribution in [0.15, 0.2) is 51.5 Å². The van der Waals surface area contributed by atoms with Gasteiger partial charge in [0.05, 0.1) is 17.7 Å². The van der Waals surface area contributed by atoms with E-state index in [9.17, 15) is 13.9 Å². The van der Waals surface area contributed by atoms with E-state index in [-0.39, 0.29) is 17.9 Å². The molecule has 6 heteroatoms. The van der Waals surface area contributed by atoms with Crippen LogP contribution in [0.1, 0.15) is 5.56 Å². The van der Waals surface area contributed by atoms with E-state index in [0.29, 0.717) is 11.3 Å². The van der Waals surface area contributed by atoms with Crippen LogP contribution in [0.25, 0.3) is 22.6 Å². The predicted octanol–water partition coefficient (Wildman–Crippen LogP) is 4.54. The lowest BCUT2D eigenvalue weighted by Crippen LogP contribution is -1.91. The summed E-state index contributed by atoms with van der Waals surface area (Å²) in [5, 5.41) is 13.5. The number of rotatable bonds is 3. The van der Waals surface area contributed by atoms with E-state index in [1.807, 2.05) is 18.2 Å². The van der Waals surface area contributed by atoms with Crippen LogP contribution in [0.3, 0.4) is 0 Å². The van der Waals surface area contributed by atoms with Gasteiger partial charge in [0.15, 0.2) is 5.76 Å². The summed E-state index contributed by atoms with van der Waals surface area (Å²) in [6, 6.07) is 10.4. The summed E-state index contributed by atoms with van der Waals surface area (Å²) in [5.74, 6) is -1.36. The highest BCUT2D eigenvalue weighted by atomic mass is 79.9. The van der Waals surface area contributed by atoms with Crippen molar-refractivity contribution in [2.45, 2.75) is 6.61 Å². The first-order valence-electron chi connectivity index (χ1n) is 6.41. The number of aliphatic hydroxyl groups is 1. The SMILES string of the molecule is OCc1c(-c2cccc(Br)c2)noc1-c1ccc(F)cc1F. The Bertz CT molecular complexity index is 833. The summed E-state index contributed by atoms with van der Waals surface area (Å²) in [6.07, 6.45) is 0. The first kappa shape index (κ1) is 14.9. The number of halogens is 3. The highest BCUT2D eigenvalue weighted by molar-refractivity contribution is 9.10. The molecule has 0 radical (unpaired) electrons. The Labute approximate surface area is 133 Å². The second-order valence-electron chi connectivity index (χ2n) is 4.63. The molecule has 0 aliphatic rings. The third-order valence-corrected chi connectivity index (χ3v) is 3.71. The smallest absolute Gasteiger partial charge is 0.175 e. The fourth-order valence-electron chi connectivity index (χ4n) is 2.20. The molecule has 0 atom stereocenters. The Hall–Kier alpha value is -2.05. The van der Waals surface area contributed by atoms with Crippen LogP contribution in [-0.2, 0) is 6.61 Å². The molecule has 3 nitrogen and oxygen atoms in total.